The van der Waals surface area contributed by atoms with E-state index in [1.165, 1.54) is 103 Å². The quantitative estimate of drug-likeness (QED) is 0.159. The van der Waals surface area contributed by atoms with Crippen LogP contribution in [0.4, 0.5) is 0 Å². The third-order valence-corrected chi connectivity index (χ3v) is 5.54. The molecule has 0 aromatic carbocycles. The molecular weight excluding hydrogens is 312 g/mol. The summed E-state index contributed by atoms with van der Waals surface area (Å²) in [6.45, 7) is 10.2. The highest BCUT2D eigenvalue weighted by Gasteiger charge is 2.04. The van der Waals surface area contributed by atoms with Gasteiger partial charge in [0.05, 0.1) is 0 Å². The van der Waals surface area contributed by atoms with Gasteiger partial charge < -0.3 is 0 Å². The zero-order valence-electron chi connectivity index (χ0n) is 18.1. The van der Waals surface area contributed by atoms with Crippen LogP contribution >= 0.6 is 0 Å². The van der Waals surface area contributed by atoms with Gasteiger partial charge in [0, 0.05) is 12.8 Å². The van der Waals surface area contributed by atoms with E-state index in [1.807, 2.05) is 0 Å². The van der Waals surface area contributed by atoms with E-state index in [0.717, 1.165) is 31.6 Å². The Morgan fingerprint density at radius 2 is 1.00 bits per heavy atom. The van der Waals surface area contributed by atoms with E-state index in [0.29, 0.717) is 0 Å². The molecule has 0 aliphatic carbocycles. The number of hydrogen-bond donors (Lipinski definition) is 0. The van der Waals surface area contributed by atoms with Gasteiger partial charge in [0.15, 0.2) is 0 Å². The van der Waals surface area contributed by atoms with Gasteiger partial charge in [-0.2, -0.15) is 0 Å². The summed E-state index contributed by atoms with van der Waals surface area (Å²) < 4.78 is 0. The van der Waals surface area contributed by atoms with Gasteiger partial charge >= 0.3 is 0 Å². The summed E-state index contributed by atoms with van der Waals surface area (Å²) in [7, 11) is 0. The summed E-state index contributed by atoms with van der Waals surface area (Å²) in [5.41, 5.74) is 0. The summed E-state index contributed by atoms with van der Waals surface area (Å²) in [5.74, 6) is 7.71. The summed E-state index contributed by atoms with van der Waals surface area (Å²) in [6.07, 6.45) is 26.5. The molecular formula is C26H48. The Labute approximate surface area is 167 Å². The number of unbranched alkanes of at least 4 members (excludes halogenated alkanes) is 14. The van der Waals surface area contributed by atoms with Crippen molar-refractivity contribution in [2.45, 2.75) is 135 Å². The molecule has 0 aliphatic rings. The zero-order valence-corrected chi connectivity index (χ0v) is 18.1. The first kappa shape index (κ1) is 25.6. The number of rotatable bonds is 19. The topological polar surface area (TPSA) is 0 Å². The van der Waals surface area contributed by atoms with E-state index in [4.69, 9.17) is 0 Å². The Morgan fingerprint density at radius 1 is 0.538 bits per heavy atom. The van der Waals surface area contributed by atoms with Gasteiger partial charge in [-0.1, -0.05) is 124 Å². The molecule has 26 heavy (non-hydrogen) atoms. The minimum Gasteiger partial charge on any atom is -0.103 e. The molecule has 0 saturated heterocycles. The van der Waals surface area contributed by atoms with Crippen LogP contribution in [0.5, 0.6) is 0 Å². The van der Waals surface area contributed by atoms with Gasteiger partial charge in [0.2, 0.25) is 0 Å². The molecule has 0 N–H and O–H groups in total. The molecule has 1 unspecified atom stereocenters. The summed E-state index contributed by atoms with van der Waals surface area (Å²) >= 11 is 0. The fourth-order valence-corrected chi connectivity index (χ4v) is 3.60. The summed E-state index contributed by atoms with van der Waals surface area (Å²) in [5, 5.41) is 0. The van der Waals surface area contributed by atoms with Gasteiger partial charge in [-0.05, 0) is 18.8 Å². The lowest BCUT2D eigenvalue weighted by Crippen LogP contribution is -1.98. The molecule has 0 aromatic rings. The molecule has 0 aliphatic heterocycles. The fraction of sp³-hybridized carbons (Fsp3) is 0.846. The van der Waals surface area contributed by atoms with Crippen LogP contribution in [0, 0.1) is 31.6 Å². The standard InChI is InChI=1S/C26H48/c1-4-7-9-10-11-12-13-14-15-16-17-18-19-20-21-23-25-26(6-3)24-22-8-5-2/h26H,1-2,4-19,22-25H2,3H3. The second kappa shape index (κ2) is 22.6. The van der Waals surface area contributed by atoms with E-state index in [2.05, 4.69) is 32.6 Å². The predicted octanol–water partition coefficient (Wildman–Crippen LogP) is 9.10. The van der Waals surface area contributed by atoms with Gasteiger partial charge in [0.1, 0.15) is 0 Å². The van der Waals surface area contributed by atoms with Gasteiger partial charge in [0.25, 0.3) is 0 Å². The highest BCUT2D eigenvalue weighted by atomic mass is 14.1. The lowest BCUT2D eigenvalue weighted by atomic mass is 9.94. The van der Waals surface area contributed by atoms with Crippen molar-refractivity contribution in [3.8, 4) is 11.8 Å². The highest BCUT2D eigenvalue weighted by molar-refractivity contribution is 4.98. The van der Waals surface area contributed by atoms with Crippen LogP contribution < -0.4 is 0 Å². The minimum atomic E-state index is 0.888. The minimum absolute atomic E-state index is 0.888. The molecule has 0 fully saturated rings. The second-order valence-corrected chi connectivity index (χ2v) is 8.01. The predicted molar refractivity (Wildman–Crippen MR) is 120 cm³/mol. The average Bonchev–Trinajstić information content (AvgIpc) is 2.66. The van der Waals surface area contributed by atoms with E-state index < -0.39 is 0 Å². The van der Waals surface area contributed by atoms with Crippen LogP contribution in [0.15, 0.2) is 0 Å². The lowest BCUT2D eigenvalue weighted by Gasteiger charge is -2.12. The maximum absolute atomic E-state index is 3.93. The third-order valence-electron chi connectivity index (χ3n) is 5.54. The van der Waals surface area contributed by atoms with Gasteiger partial charge in [-0.3, -0.25) is 0 Å². The molecule has 0 amide bonds. The number of hydrogen-bond acceptors (Lipinski definition) is 0. The highest BCUT2D eigenvalue weighted by Crippen LogP contribution is 2.18. The normalized spacial score (nSPS) is 12.0. The van der Waals surface area contributed by atoms with Crippen LogP contribution in [0.25, 0.3) is 0 Å². The van der Waals surface area contributed by atoms with Gasteiger partial charge in [-0.15, -0.1) is 11.8 Å². The lowest BCUT2D eigenvalue weighted by molar-refractivity contribution is 0.423. The van der Waals surface area contributed by atoms with Crippen LogP contribution in [0.1, 0.15) is 135 Å². The molecule has 0 rings (SSSR count). The van der Waals surface area contributed by atoms with Crippen molar-refractivity contribution < 1.29 is 0 Å². The van der Waals surface area contributed by atoms with Crippen molar-refractivity contribution in [1.82, 2.24) is 0 Å². The van der Waals surface area contributed by atoms with Crippen molar-refractivity contribution in [3.63, 3.8) is 0 Å². The molecule has 1 atom stereocenters. The Morgan fingerprint density at radius 3 is 1.54 bits per heavy atom. The van der Waals surface area contributed by atoms with Crippen molar-refractivity contribution in [2.24, 2.45) is 5.92 Å². The van der Waals surface area contributed by atoms with Crippen molar-refractivity contribution in [2.75, 3.05) is 0 Å². The van der Waals surface area contributed by atoms with Gasteiger partial charge in [-0.25, -0.2) is 0 Å². The van der Waals surface area contributed by atoms with Crippen molar-refractivity contribution in [1.29, 1.82) is 0 Å². The first-order valence-corrected chi connectivity index (χ1v) is 11.9. The molecule has 0 saturated carbocycles. The first-order valence-electron chi connectivity index (χ1n) is 11.9. The van der Waals surface area contributed by atoms with Crippen LogP contribution in [-0.4, -0.2) is 0 Å². The molecule has 0 aromatic heterocycles. The third kappa shape index (κ3) is 19.9. The SMILES string of the molecule is [CH2]CCCCCCCCCCCCCC#CCCC(CC)CCCC[CH2]. The van der Waals surface area contributed by atoms with Crippen molar-refractivity contribution in [3.05, 3.63) is 13.8 Å². The molecule has 152 valence electrons. The Bertz CT molecular complexity index is 306. The summed E-state index contributed by atoms with van der Waals surface area (Å²) in [6, 6.07) is 0. The second-order valence-electron chi connectivity index (χ2n) is 8.01. The Kier molecular flexibility index (Phi) is 22.2. The molecule has 0 bridgehead atoms. The fourth-order valence-electron chi connectivity index (χ4n) is 3.60. The van der Waals surface area contributed by atoms with E-state index in [9.17, 15) is 0 Å². The zero-order chi connectivity index (χ0) is 19.1. The maximum atomic E-state index is 3.93. The Balaban J connectivity index is 3.29. The molecule has 0 spiro atoms. The van der Waals surface area contributed by atoms with E-state index >= 15 is 0 Å². The maximum Gasteiger partial charge on any atom is 0.00913 e. The monoisotopic (exact) mass is 360 g/mol. The van der Waals surface area contributed by atoms with E-state index in [-0.39, 0.29) is 0 Å². The smallest absolute Gasteiger partial charge is 0.00913 e. The average molecular weight is 361 g/mol. The Hall–Kier alpha value is -0.440. The summed E-state index contributed by atoms with van der Waals surface area (Å²) in [4.78, 5) is 0. The van der Waals surface area contributed by atoms with Crippen molar-refractivity contribution >= 4 is 0 Å². The van der Waals surface area contributed by atoms with Crippen LogP contribution in [0.3, 0.4) is 0 Å². The molecule has 0 nitrogen and oxygen atoms in total. The van der Waals surface area contributed by atoms with Crippen LogP contribution in [-0.2, 0) is 0 Å². The molecule has 2 radical (unpaired) electrons. The van der Waals surface area contributed by atoms with Crippen LogP contribution in [0.2, 0.25) is 0 Å². The molecule has 0 heterocycles. The largest absolute Gasteiger partial charge is 0.103 e. The molecule has 0 heteroatoms. The first-order chi connectivity index (χ1) is 12.8. The van der Waals surface area contributed by atoms with E-state index in [1.54, 1.807) is 0 Å².